The quantitative estimate of drug-likeness (QED) is 0.191. The van der Waals surface area contributed by atoms with Crippen molar-refractivity contribution < 1.29 is 0 Å². The van der Waals surface area contributed by atoms with Gasteiger partial charge in [0.1, 0.15) is 0 Å². The van der Waals surface area contributed by atoms with Gasteiger partial charge in [-0.3, -0.25) is 0 Å². The average Bonchev–Trinajstić information content (AvgIpc) is 3.71. The largest absolute Gasteiger partial charge is 0.309 e. The summed E-state index contributed by atoms with van der Waals surface area (Å²) in [5.74, 6) is 0. The third kappa shape index (κ3) is 3.67. The lowest BCUT2D eigenvalue weighted by atomic mass is 9.82. The molecule has 0 saturated heterocycles. The van der Waals surface area contributed by atoms with E-state index in [1.54, 1.807) is 0 Å². The van der Waals surface area contributed by atoms with Crippen LogP contribution in [-0.4, -0.2) is 9.13 Å². The summed E-state index contributed by atoms with van der Waals surface area (Å²) in [6.07, 6.45) is 0. The standard InChI is InChI=1S/C45H32N2/c1-45(2)39-17-9-6-14-33(39)37-27-38-35-16-8-11-19-42(35)47(44(38)28-40(37)45)32-24-25-36-34-15-7-10-18-41(34)46(43(36)26-32)31-22-20-30(21-23-31)29-12-4-3-5-13-29/h3-28H,1-2H3. The molecular weight excluding hydrogens is 569 g/mol. The lowest BCUT2D eigenvalue weighted by molar-refractivity contribution is 0.661. The molecule has 2 heterocycles. The second-order valence-electron chi connectivity index (χ2n) is 13.4. The monoisotopic (exact) mass is 600 g/mol. The Morgan fingerprint density at radius 1 is 0.362 bits per heavy atom. The fraction of sp³-hybridized carbons (Fsp3) is 0.0667. The van der Waals surface area contributed by atoms with Crippen molar-refractivity contribution >= 4 is 43.6 Å². The molecule has 0 radical (unpaired) electrons. The van der Waals surface area contributed by atoms with E-state index >= 15 is 0 Å². The van der Waals surface area contributed by atoms with Crippen LogP contribution in [-0.2, 0) is 5.41 Å². The summed E-state index contributed by atoms with van der Waals surface area (Å²) >= 11 is 0. The smallest absolute Gasteiger partial charge is 0.0561 e. The molecule has 1 aliphatic rings. The third-order valence-electron chi connectivity index (χ3n) is 10.5. The molecule has 2 aromatic heterocycles. The van der Waals surface area contributed by atoms with Crippen LogP contribution in [0.4, 0.5) is 0 Å². The Labute approximate surface area is 273 Å². The van der Waals surface area contributed by atoms with E-state index in [9.17, 15) is 0 Å². The summed E-state index contributed by atoms with van der Waals surface area (Å²) in [5, 5.41) is 5.10. The van der Waals surface area contributed by atoms with Gasteiger partial charge in [0.25, 0.3) is 0 Å². The lowest BCUT2D eigenvalue weighted by Gasteiger charge is -2.21. The Hall–Kier alpha value is -5.86. The van der Waals surface area contributed by atoms with Gasteiger partial charge in [0, 0.05) is 38.3 Å². The van der Waals surface area contributed by atoms with Crippen molar-refractivity contribution in [3.63, 3.8) is 0 Å². The molecule has 0 aliphatic heterocycles. The Kier molecular flexibility index (Phi) is 5.37. The highest BCUT2D eigenvalue weighted by molar-refractivity contribution is 6.13. The van der Waals surface area contributed by atoms with Gasteiger partial charge in [0.05, 0.1) is 22.1 Å². The van der Waals surface area contributed by atoms with E-state index < -0.39 is 0 Å². The molecule has 0 fully saturated rings. The van der Waals surface area contributed by atoms with Crippen LogP contribution >= 0.6 is 0 Å². The molecule has 0 atom stereocenters. The Morgan fingerprint density at radius 3 is 1.68 bits per heavy atom. The highest BCUT2D eigenvalue weighted by Gasteiger charge is 2.36. The van der Waals surface area contributed by atoms with Crippen LogP contribution in [0.5, 0.6) is 0 Å². The SMILES string of the molecule is CC1(C)c2ccccc2-c2cc3c4ccccc4n(-c4ccc5c6ccccc6n(-c6ccc(-c7ccccc7)cc6)c5c4)c3cc21. The molecule has 0 spiro atoms. The highest BCUT2D eigenvalue weighted by atomic mass is 15.0. The van der Waals surface area contributed by atoms with Gasteiger partial charge in [-0.2, -0.15) is 0 Å². The van der Waals surface area contributed by atoms with Gasteiger partial charge in [-0.15, -0.1) is 0 Å². The van der Waals surface area contributed by atoms with Gasteiger partial charge >= 0.3 is 0 Å². The van der Waals surface area contributed by atoms with E-state index in [0.717, 1.165) is 5.69 Å². The first-order valence-electron chi connectivity index (χ1n) is 16.4. The van der Waals surface area contributed by atoms with Crippen molar-refractivity contribution in [2.75, 3.05) is 0 Å². The Bertz CT molecular complexity index is 2680. The van der Waals surface area contributed by atoms with Crippen molar-refractivity contribution in [1.29, 1.82) is 0 Å². The van der Waals surface area contributed by atoms with Crippen molar-refractivity contribution in [2.45, 2.75) is 19.3 Å². The summed E-state index contributed by atoms with van der Waals surface area (Å²) in [6.45, 7) is 4.73. The number of nitrogens with zero attached hydrogens (tertiary/aromatic N) is 2. The normalized spacial score (nSPS) is 13.5. The molecule has 0 unspecified atom stereocenters. The molecule has 2 nitrogen and oxygen atoms in total. The second kappa shape index (κ2) is 9.57. The van der Waals surface area contributed by atoms with Crippen molar-refractivity contribution in [2.24, 2.45) is 0 Å². The average molecular weight is 601 g/mol. The van der Waals surface area contributed by atoms with E-state index in [1.807, 2.05) is 0 Å². The van der Waals surface area contributed by atoms with Crippen LogP contribution in [0.2, 0.25) is 0 Å². The van der Waals surface area contributed by atoms with E-state index in [2.05, 4.69) is 181 Å². The summed E-state index contributed by atoms with van der Waals surface area (Å²) in [7, 11) is 0. The molecule has 9 aromatic rings. The van der Waals surface area contributed by atoms with Gasteiger partial charge in [0.2, 0.25) is 0 Å². The molecule has 0 amide bonds. The summed E-state index contributed by atoms with van der Waals surface area (Å²) in [5.41, 5.74) is 15.1. The first-order valence-corrected chi connectivity index (χ1v) is 16.4. The molecule has 10 rings (SSSR count). The first-order chi connectivity index (χ1) is 23.1. The maximum atomic E-state index is 2.48. The zero-order chi connectivity index (χ0) is 31.3. The van der Waals surface area contributed by atoms with E-state index in [4.69, 9.17) is 0 Å². The lowest BCUT2D eigenvalue weighted by Crippen LogP contribution is -2.14. The Morgan fingerprint density at radius 2 is 0.915 bits per heavy atom. The van der Waals surface area contributed by atoms with Crippen LogP contribution in [0.15, 0.2) is 158 Å². The molecule has 0 bridgehead atoms. The molecule has 222 valence electrons. The molecule has 1 aliphatic carbocycles. The minimum atomic E-state index is -0.0658. The van der Waals surface area contributed by atoms with E-state index in [-0.39, 0.29) is 5.41 Å². The van der Waals surface area contributed by atoms with Crippen molar-refractivity contribution in [3.05, 3.63) is 169 Å². The molecule has 47 heavy (non-hydrogen) atoms. The predicted octanol–water partition coefficient (Wildman–Crippen LogP) is 11.9. The van der Waals surface area contributed by atoms with E-state index in [1.165, 1.54) is 82.7 Å². The topological polar surface area (TPSA) is 9.86 Å². The van der Waals surface area contributed by atoms with Crippen LogP contribution in [0.3, 0.4) is 0 Å². The number of aromatic nitrogens is 2. The van der Waals surface area contributed by atoms with Crippen molar-refractivity contribution in [3.8, 4) is 33.6 Å². The van der Waals surface area contributed by atoms with Gasteiger partial charge in [-0.1, -0.05) is 123 Å². The summed E-state index contributed by atoms with van der Waals surface area (Å²) < 4.78 is 4.90. The highest BCUT2D eigenvalue weighted by Crippen LogP contribution is 2.51. The van der Waals surface area contributed by atoms with E-state index in [0.29, 0.717) is 0 Å². The predicted molar refractivity (Wildman–Crippen MR) is 198 cm³/mol. The summed E-state index contributed by atoms with van der Waals surface area (Å²) in [6, 6.07) is 58.1. The van der Waals surface area contributed by atoms with Crippen LogP contribution < -0.4 is 0 Å². The number of fused-ring (bicyclic) bond motifs is 9. The number of para-hydroxylation sites is 2. The summed E-state index contributed by atoms with van der Waals surface area (Å²) in [4.78, 5) is 0. The molecule has 2 heteroatoms. The van der Waals surface area contributed by atoms with Crippen LogP contribution in [0.1, 0.15) is 25.0 Å². The van der Waals surface area contributed by atoms with Gasteiger partial charge in [-0.25, -0.2) is 0 Å². The maximum Gasteiger partial charge on any atom is 0.0561 e. The van der Waals surface area contributed by atoms with Crippen molar-refractivity contribution in [1.82, 2.24) is 9.13 Å². The number of rotatable bonds is 3. The number of hydrogen-bond acceptors (Lipinski definition) is 0. The Balaban J connectivity index is 1.23. The molecular formula is C45H32N2. The minimum absolute atomic E-state index is 0.0658. The fourth-order valence-electron chi connectivity index (χ4n) is 8.25. The van der Waals surface area contributed by atoms with Gasteiger partial charge < -0.3 is 9.13 Å². The van der Waals surface area contributed by atoms with Gasteiger partial charge in [0.15, 0.2) is 0 Å². The zero-order valence-corrected chi connectivity index (χ0v) is 26.4. The maximum absolute atomic E-state index is 2.48. The van der Waals surface area contributed by atoms with Gasteiger partial charge in [-0.05, 0) is 81.9 Å². The van der Waals surface area contributed by atoms with Crippen LogP contribution in [0, 0.1) is 0 Å². The third-order valence-corrected chi connectivity index (χ3v) is 10.5. The molecule has 0 N–H and O–H groups in total. The van der Waals surface area contributed by atoms with Crippen LogP contribution in [0.25, 0.3) is 77.2 Å². The molecule has 0 saturated carbocycles. The molecule has 7 aromatic carbocycles. The number of benzene rings is 7. The fourth-order valence-corrected chi connectivity index (χ4v) is 8.25. The first kappa shape index (κ1) is 26.4. The second-order valence-corrected chi connectivity index (χ2v) is 13.4. The zero-order valence-electron chi connectivity index (χ0n) is 26.4. The number of hydrogen-bond donors (Lipinski definition) is 0. The minimum Gasteiger partial charge on any atom is -0.309 e.